The Balaban J connectivity index is 1.47. The number of ether oxygens (including phenoxy) is 2. The number of benzene rings is 1. The van der Waals surface area contributed by atoms with Crippen LogP contribution >= 0.6 is 0 Å². The van der Waals surface area contributed by atoms with Crippen LogP contribution in [0.2, 0.25) is 0 Å². The number of methoxy groups -OCH3 is 2. The lowest BCUT2D eigenvalue weighted by molar-refractivity contribution is 0.342. The lowest BCUT2D eigenvalue weighted by Crippen LogP contribution is -2.09. The summed E-state index contributed by atoms with van der Waals surface area (Å²) in [5.41, 5.74) is 2.89. The molecular formula is C27H23N7O2. The van der Waals surface area contributed by atoms with E-state index in [4.69, 9.17) is 9.47 Å². The van der Waals surface area contributed by atoms with Gasteiger partial charge in [0.1, 0.15) is 28.9 Å². The molecule has 5 aromatic rings. The Morgan fingerprint density at radius 1 is 0.778 bits per heavy atom. The van der Waals surface area contributed by atoms with E-state index >= 15 is 0 Å². The first-order valence-corrected chi connectivity index (χ1v) is 11.3. The normalized spacial score (nSPS) is 10.7. The van der Waals surface area contributed by atoms with E-state index in [2.05, 4.69) is 41.9 Å². The molecule has 0 radical (unpaired) electrons. The van der Waals surface area contributed by atoms with Crippen molar-refractivity contribution in [2.75, 3.05) is 14.2 Å². The summed E-state index contributed by atoms with van der Waals surface area (Å²) in [6.45, 7) is 3.66. The van der Waals surface area contributed by atoms with Gasteiger partial charge >= 0.3 is 0 Å². The third-order valence-corrected chi connectivity index (χ3v) is 5.37. The number of pyridine rings is 2. The van der Waals surface area contributed by atoms with Crippen LogP contribution in [0.25, 0.3) is 16.7 Å². The minimum atomic E-state index is 0.413. The smallest absolute Gasteiger partial charge is 0.256 e. The Bertz CT molecular complexity index is 1630. The van der Waals surface area contributed by atoms with Crippen molar-refractivity contribution >= 4 is 10.9 Å². The SMILES string of the molecule is COc1ccc(Cc2nc(C)nn2-c2cc(C#Cc3ccc4ccccc4n3)nc(C)n2)nc1OC. The molecule has 0 saturated heterocycles. The van der Waals surface area contributed by atoms with E-state index < -0.39 is 0 Å². The Hall–Kier alpha value is -4.84. The average molecular weight is 478 g/mol. The molecule has 0 aliphatic heterocycles. The third kappa shape index (κ3) is 4.83. The Labute approximate surface area is 208 Å². The molecule has 0 fully saturated rings. The number of nitrogens with zero attached hydrogens (tertiary/aromatic N) is 7. The fourth-order valence-corrected chi connectivity index (χ4v) is 3.77. The summed E-state index contributed by atoms with van der Waals surface area (Å²) < 4.78 is 12.3. The summed E-state index contributed by atoms with van der Waals surface area (Å²) >= 11 is 0. The van der Waals surface area contributed by atoms with Crippen molar-refractivity contribution in [2.24, 2.45) is 0 Å². The molecule has 178 valence electrons. The largest absolute Gasteiger partial charge is 0.491 e. The minimum absolute atomic E-state index is 0.413. The molecule has 4 heterocycles. The quantitative estimate of drug-likeness (QED) is 0.354. The summed E-state index contributed by atoms with van der Waals surface area (Å²) in [5, 5.41) is 5.63. The molecule has 0 spiro atoms. The summed E-state index contributed by atoms with van der Waals surface area (Å²) in [4.78, 5) is 22.8. The molecule has 0 aliphatic rings. The highest BCUT2D eigenvalue weighted by Gasteiger charge is 2.15. The van der Waals surface area contributed by atoms with E-state index in [-0.39, 0.29) is 0 Å². The van der Waals surface area contributed by atoms with Gasteiger partial charge in [0.15, 0.2) is 11.6 Å². The second kappa shape index (κ2) is 9.80. The molecule has 36 heavy (non-hydrogen) atoms. The van der Waals surface area contributed by atoms with Gasteiger partial charge in [-0.25, -0.2) is 24.9 Å². The highest BCUT2D eigenvalue weighted by Crippen LogP contribution is 2.25. The van der Waals surface area contributed by atoms with Crippen molar-refractivity contribution in [1.29, 1.82) is 0 Å². The number of aromatic nitrogens is 7. The van der Waals surface area contributed by atoms with Crippen LogP contribution in [-0.2, 0) is 6.42 Å². The van der Waals surface area contributed by atoms with Crippen LogP contribution in [0.15, 0.2) is 54.6 Å². The predicted octanol–water partition coefficient (Wildman–Crippen LogP) is 3.63. The van der Waals surface area contributed by atoms with Crippen LogP contribution in [0, 0.1) is 25.7 Å². The molecule has 0 atom stereocenters. The van der Waals surface area contributed by atoms with Gasteiger partial charge in [0, 0.05) is 11.5 Å². The predicted molar refractivity (Wildman–Crippen MR) is 134 cm³/mol. The summed E-state index contributed by atoms with van der Waals surface area (Å²) in [6, 6.07) is 17.3. The van der Waals surface area contributed by atoms with E-state index in [1.54, 1.807) is 25.0 Å². The zero-order chi connectivity index (χ0) is 25.1. The molecule has 0 unspecified atom stereocenters. The number of rotatable bonds is 5. The number of hydrogen-bond donors (Lipinski definition) is 0. The Morgan fingerprint density at radius 3 is 2.44 bits per heavy atom. The molecule has 9 heteroatoms. The van der Waals surface area contributed by atoms with Crippen molar-refractivity contribution in [1.82, 2.24) is 34.7 Å². The molecule has 5 rings (SSSR count). The second-order valence-electron chi connectivity index (χ2n) is 7.98. The molecule has 0 saturated carbocycles. The molecule has 0 N–H and O–H groups in total. The second-order valence-corrected chi connectivity index (χ2v) is 7.98. The first-order valence-electron chi connectivity index (χ1n) is 11.3. The van der Waals surface area contributed by atoms with Crippen molar-refractivity contribution in [3.05, 3.63) is 89.2 Å². The van der Waals surface area contributed by atoms with Gasteiger partial charge in [-0.2, -0.15) is 4.68 Å². The molecule has 1 aromatic carbocycles. The number of fused-ring (bicyclic) bond motifs is 1. The van der Waals surface area contributed by atoms with Gasteiger partial charge in [-0.05, 0) is 50.0 Å². The maximum atomic E-state index is 5.33. The molecule has 0 aliphatic carbocycles. The summed E-state index contributed by atoms with van der Waals surface area (Å²) in [5.74, 6) is 9.65. The molecule has 0 amide bonds. The van der Waals surface area contributed by atoms with E-state index in [1.165, 1.54) is 0 Å². The third-order valence-electron chi connectivity index (χ3n) is 5.37. The number of hydrogen-bond acceptors (Lipinski definition) is 8. The van der Waals surface area contributed by atoms with E-state index in [1.807, 2.05) is 62.4 Å². The molecule has 0 bridgehead atoms. The molecule has 4 aromatic heterocycles. The Kier molecular flexibility index (Phi) is 6.24. The first kappa shape index (κ1) is 22.9. The number of para-hydroxylation sites is 1. The van der Waals surface area contributed by atoms with Gasteiger partial charge in [-0.3, -0.25) is 0 Å². The van der Waals surface area contributed by atoms with Gasteiger partial charge in [0.25, 0.3) is 5.88 Å². The van der Waals surface area contributed by atoms with Gasteiger partial charge in [0.2, 0.25) is 0 Å². The topological polar surface area (TPSA) is 101 Å². The van der Waals surface area contributed by atoms with Crippen molar-refractivity contribution < 1.29 is 9.47 Å². The van der Waals surface area contributed by atoms with Gasteiger partial charge < -0.3 is 9.47 Å². The lowest BCUT2D eigenvalue weighted by Gasteiger charge is -2.09. The monoisotopic (exact) mass is 477 g/mol. The summed E-state index contributed by atoms with van der Waals surface area (Å²) in [6.07, 6.45) is 0.423. The lowest BCUT2D eigenvalue weighted by atomic mass is 10.2. The minimum Gasteiger partial charge on any atom is -0.491 e. The van der Waals surface area contributed by atoms with Gasteiger partial charge in [-0.15, -0.1) is 5.10 Å². The van der Waals surface area contributed by atoms with Crippen LogP contribution < -0.4 is 9.47 Å². The zero-order valence-corrected chi connectivity index (χ0v) is 20.4. The Morgan fingerprint density at radius 2 is 1.61 bits per heavy atom. The van der Waals surface area contributed by atoms with Crippen molar-refractivity contribution in [3.63, 3.8) is 0 Å². The molecule has 9 nitrogen and oxygen atoms in total. The average Bonchev–Trinajstić information content (AvgIpc) is 3.26. The van der Waals surface area contributed by atoms with Gasteiger partial charge in [-0.1, -0.05) is 24.3 Å². The van der Waals surface area contributed by atoms with Crippen LogP contribution in [0.4, 0.5) is 0 Å². The fourth-order valence-electron chi connectivity index (χ4n) is 3.77. The van der Waals surface area contributed by atoms with Crippen molar-refractivity contribution in [2.45, 2.75) is 20.3 Å². The van der Waals surface area contributed by atoms with Crippen LogP contribution in [0.5, 0.6) is 11.6 Å². The van der Waals surface area contributed by atoms with E-state index in [0.29, 0.717) is 52.7 Å². The summed E-state index contributed by atoms with van der Waals surface area (Å²) in [7, 11) is 3.13. The van der Waals surface area contributed by atoms with Gasteiger partial charge in [0.05, 0.1) is 31.9 Å². The highest BCUT2D eigenvalue weighted by atomic mass is 16.5. The highest BCUT2D eigenvalue weighted by molar-refractivity contribution is 5.78. The van der Waals surface area contributed by atoms with Crippen LogP contribution in [-0.4, -0.2) is 48.9 Å². The zero-order valence-electron chi connectivity index (χ0n) is 20.4. The maximum absolute atomic E-state index is 5.33. The van der Waals surface area contributed by atoms with Crippen LogP contribution in [0.1, 0.15) is 34.6 Å². The standard InChI is InChI=1S/C27H23N7O2/c1-17-28-21(12-11-20-10-9-19-7-5-6-8-23(19)31-20)15-25(29-17)34-26(30-18(2)33-34)16-22-13-14-24(35-3)27(32-22)36-4/h5-10,13-15H,16H2,1-4H3. The van der Waals surface area contributed by atoms with Crippen LogP contribution in [0.3, 0.4) is 0 Å². The molecular weight excluding hydrogens is 454 g/mol. The number of aryl methyl sites for hydroxylation is 2. The first-order chi connectivity index (χ1) is 17.5. The van der Waals surface area contributed by atoms with Crippen molar-refractivity contribution in [3.8, 4) is 29.3 Å². The fraction of sp³-hybridized carbons (Fsp3) is 0.185. The van der Waals surface area contributed by atoms with E-state index in [9.17, 15) is 0 Å². The van der Waals surface area contributed by atoms with E-state index in [0.717, 1.165) is 16.6 Å². The maximum Gasteiger partial charge on any atom is 0.256 e.